The summed E-state index contributed by atoms with van der Waals surface area (Å²) >= 11 is 0. The summed E-state index contributed by atoms with van der Waals surface area (Å²) in [6.07, 6.45) is 1.39. The van der Waals surface area contributed by atoms with Crippen molar-refractivity contribution in [1.29, 1.82) is 0 Å². The molecule has 0 spiro atoms. The van der Waals surface area contributed by atoms with E-state index in [-0.39, 0.29) is 11.4 Å². The summed E-state index contributed by atoms with van der Waals surface area (Å²) in [7, 11) is 0. The van der Waals surface area contributed by atoms with Crippen LogP contribution in [0.2, 0.25) is 0 Å². The highest BCUT2D eigenvalue weighted by molar-refractivity contribution is 6.03. The minimum absolute atomic E-state index is 0.123. The first-order chi connectivity index (χ1) is 8.47. The molecule has 1 heterocycles. The number of aromatic nitrogens is 1. The number of H-pyrrole nitrogens is 1. The minimum atomic E-state index is -1.59. The normalized spacial score (nSPS) is 10.4. The van der Waals surface area contributed by atoms with E-state index in [0.717, 1.165) is 0 Å². The molecule has 1 amide bonds. The van der Waals surface area contributed by atoms with Gasteiger partial charge in [0, 0.05) is 29.7 Å². The fourth-order valence-electron chi connectivity index (χ4n) is 1.37. The van der Waals surface area contributed by atoms with Crippen LogP contribution in [0.3, 0.4) is 0 Å². The summed E-state index contributed by atoms with van der Waals surface area (Å²) in [6.45, 7) is 0. The number of nitrogens with two attached hydrogens (primary N) is 1. The number of amides is 1. The molecule has 0 radical (unpaired) electrons. The second kappa shape index (κ2) is 4.44. The summed E-state index contributed by atoms with van der Waals surface area (Å²) in [5.41, 5.74) is 5.67. The van der Waals surface area contributed by atoms with Crippen molar-refractivity contribution >= 4 is 17.3 Å². The van der Waals surface area contributed by atoms with E-state index in [9.17, 15) is 18.0 Å². The lowest BCUT2D eigenvalue weighted by molar-refractivity contribution is 0.102. The largest absolute Gasteiger partial charge is 0.397 e. The number of rotatable bonds is 2. The first-order valence-corrected chi connectivity index (χ1v) is 4.87. The van der Waals surface area contributed by atoms with Crippen molar-refractivity contribution in [2.24, 2.45) is 0 Å². The third kappa shape index (κ3) is 2.29. The molecule has 1 aromatic carbocycles. The number of nitrogen functional groups attached to an aromatic ring is 1. The number of carbonyl (C=O) groups excluding carboxylic acids is 1. The molecule has 0 aliphatic rings. The van der Waals surface area contributed by atoms with E-state index in [1.165, 1.54) is 12.3 Å². The van der Waals surface area contributed by atoms with Crippen LogP contribution in [-0.2, 0) is 0 Å². The molecule has 0 aliphatic heterocycles. The van der Waals surface area contributed by atoms with Gasteiger partial charge >= 0.3 is 0 Å². The molecule has 4 N–H and O–H groups in total. The summed E-state index contributed by atoms with van der Waals surface area (Å²) < 4.78 is 38.5. The molecule has 0 saturated carbocycles. The third-order valence-electron chi connectivity index (χ3n) is 2.19. The SMILES string of the molecule is Nc1c[nH]c(C(=O)Nc2cc(F)c(F)c(F)c2)c1. The summed E-state index contributed by atoms with van der Waals surface area (Å²) in [5.74, 6) is -4.98. The van der Waals surface area contributed by atoms with Crippen molar-refractivity contribution < 1.29 is 18.0 Å². The second-order valence-electron chi connectivity index (χ2n) is 3.55. The molecule has 2 rings (SSSR count). The van der Waals surface area contributed by atoms with Gasteiger partial charge in [0.15, 0.2) is 17.5 Å². The Morgan fingerprint density at radius 3 is 2.28 bits per heavy atom. The number of hydrogen-bond acceptors (Lipinski definition) is 2. The number of anilines is 2. The molecule has 0 saturated heterocycles. The maximum Gasteiger partial charge on any atom is 0.272 e. The van der Waals surface area contributed by atoms with Crippen LogP contribution in [0.5, 0.6) is 0 Å². The average Bonchev–Trinajstić information content (AvgIpc) is 2.72. The molecule has 0 aliphatic carbocycles. The van der Waals surface area contributed by atoms with E-state index in [1.807, 2.05) is 0 Å². The number of carbonyl (C=O) groups is 1. The van der Waals surface area contributed by atoms with Crippen LogP contribution in [0.4, 0.5) is 24.5 Å². The van der Waals surface area contributed by atoms with E-state index in [1.54, 1.807) is 0 Å². The summed E-state index contributed by atoms with van der Waals surface area (Å²) in [5, 5.41) is 2.21. The topological polar surface area (TPSA) is 70.9 Å². The molecule has 0 atom stereocenters. The van der Waals surface area contributed by atoms with Gasteiger partial charge in [-0.3, -0.25) is 4.79 Å². The van der Waals surface area contributed by atoms with Gasteiger partial charge in [0.25, 0.3) is 5.91 Å². The van der Waals surface area contributed by atoms with E-state index < -0.39 is 23.4 Å². The van der Waals surface area contributed by atoms with Crippen molar-refractivity contribution in [3.63, 3.8) is 0 Å². The third-order valence-corrected chi connectivity index (χ3v) is 2.19. The fraction of sp³-hybridized carbons (Fsp3) is 0. The number of benzene rings is 1. The Kier molecular flexibility index (Phi) is 2.97. The standard InChI is InChI=1S/C11H8F3N3O/c12-7-2-6(3-8(13)10(7)14)17-11(18)9-1-5(15)4-16-9/h1-4,16H,15H2,(H,17,18). The van der Waals surface area contributed by atoms with Gasteiger partial charge in [-0.05, 0) is 6.07 Å². The number of halogens is 3. The van der Waals surface area contributed by atoms with Crippen molar-refractivity contribution in [3.05, 3.63) is 47.5 Å². The maximum absolute atomic E-state index is 12.9. The molecular formula is C11H8F3N3O. The summed E-state index contributed by atoms with van der Waals surface area (Å²) in [6, 6.07) is 2.72. The van der Waals surface area contributed by atoms with Crippen molar-refractivity contribution in [2.45, 2.75) is 0 Å². The maximum atomic E-state index is 12.9. The fourth-order valence-corrected chi connectivity index (χ4v) is 1.37. The van der Waals surface area contributed by atoms with E-state index in [4.69, 9.17) is 5.73 Å². The minimum Gasteiger partial charge on any atom is -0.397 e. The van der Waals surface area contributed by atoms with Crippen LogP contribution < -0.4 is 11.1 Å². The van der Waals surface area contributed by atoms with Gasteiger partial charge in [-0.1, -0.05) is 0 Å². The predicted molar refractivity (Wildman–Crippen MR) is 59.5 cm³/mol. The van der Waals surface area contributed by atoms with Crippen LogP contribution in [0.15, 0.2) is 24.4 Å². The highest BCUT2D eigenvalue weighted by atomic mass is 19.2. The first-order valence-electron chi connectivity index (χ1n) is 4.87. The van der Waals surface area contributed by atoms with Gasteiger partial charge in [-0.2, -0.15) is 0 Å². The van der Waals surface area contributed by atoms with Crippen LogP contribution in [0, 0.1) is 17.5 Å². The van der Waals surface area contributed by atoms with Gasteiger partial charge in [0.2, 0.25) is 0 Å². The Labute approximate surface area is 99.6 Å². The molecule has 1 aromatic heterocycles. The molecule has 94 valence electrons. The monoisotopic (exact) mass is 255 g/mol. The highest BCUT2D eigenvalue weighted by Crippen LogP contribution is 2.18. The second-order valence-corrected chi connectivity index (χ2v) is 3.55. The lowest BCUT2D eigenvalue weighted by Gasteiger charge is -2.05. The van der Waals surface area contributed by atoms with E-state index in [0.29, 0.717) is 17.8 Å². The first kappa shape index (κ1) is 12.0. The van der Waals surface area contributed by atoms with Gasteiger partial charge in [0.1, 0.15) is 5.69 Å². The molecule has 4 nitrogen and oxygen atoms in total. The zero-order chi connectivity index (χ0) is 13.3. The molecule has 0 unspecified atom stereocenters. The number of hydrogen-bond donors (Lipinski definition) is 3. The van der Waals surface area contributed by atoms with Crippen LogP contribution >= 0.6 is 0 Å². The Bertz CT molecular complexity index is 586. The number of aromatic amines is 1. The van der Waals surface area contributed by atoms with Crippen LogP contribution in [0.1, 0.15) is 10.5 Å². The smallest absolute Gasteiger partial charge is 0.272 e. The lowest BCUT2D eigenvalue weighted by atomic mass is 10.2. The number of nitrogens with one attached hydrogen (secondary N) is 2. The zero-order valence-corrected chi connectivity index (χ0v) is 8.93. The Morgan fingerprint density at radius 1 is 1.17 bits per heavy atom. The average molecular weight is 255 g/mol. The molecule has 0 fully saturated rings. The van der Waals surface area contributed by atoms with Crippen LogP contribution in [-0.4, -0.2) is 10.9 Å². The Hall–Kier alpha value is -2.44. The summed E-state index contributed by atoms with van der Waals surface area (Å²) in [4.78, 5) is 14.2. The Morgan fingerprint density at radius 2 is 1.78 bits per heavy atom. The molecule has 7 heteroatoms. The molecule has 2 aromatic rings. The van der Waals surface area contributed by atoms with Gasteiger partial charge in [-0.15, -0.1) is 0 Å². The molecule has 18 heavy (non-hydrogen) atoms. The predicted octanol–water partition coefficient (Wildman–Crippen LogP) is 2.27. The van der Waals surface area contributed by atoms with E-state index >= 15 is 0 Å². The van der Waals surface area contributed by atoms with Gasteiger partial charge in [0.05, 0.1) is 0 Å². The van der Waals surface area contributed by atoms with Crippen LogP contribution in [0.25, 0.3) is 0 Å². The molecule has 0 bridgehead atoms. The van der Waals surface area contributed by atoms with Crippen molar-refractivity contribution in [2.75, 3.05) is 11.1 Å². The highest BCUT2D eigenvalue weighted by Gasteiger charge is 2.13. The Balaban J connectivity index is 2.22. The quantitative estimate of drug-likeness (QED) is 0.720. The van der Waals surface area contributed by atoms with Gasteiger partial charge < -0.3 is 16.0 Å². The lowest BCUT2D eigenvalue weighted by Crippen LogP contribution is -2.13. The molecular weight excluding hydrogens is 247 g/mol. The van der Waals surface area contributed by atoms with Crippen molar-refractivity contribution in [3.8, 4) is 0 Å². The zero-order valence-electron chi connectivity index (χ0n) is 8.93. The van der Waals surface area contributed by atoms with E-state index in [2.05, 4.69) is 10.3 Å². The van der Waals surface area contributed by atoms with Gasteiger partial charge in [-0.25, -0.2) is 13.2 Å². The van der Waals surface area contributed by atoms with Crippen molar-refractivity contribution in [1.82, 2.24) is 4.98 Å².